The van der Waals surface area contributed by atoms with Crippen LogP contribution in [0.3, 0.4) is 0 Å². The molecule has 0 aliphatic heterocycles. The minimum Gasteiger partial charge on any atom is -0.281 e. The standard InChI is InChI=1S/C14H14F3N5O2S/c1-21-13-10(7-18-21)3-2-4-12(13)20-25(23,24)6-5-22-9-11(8-19-22)14(15,16)17/h2-4,7-9,20H,5-6H2,1H3. The van der Waals surface area contributed by atoms with Crippen LogP contribution in [-0.4, -0.2) is 33.7 Å². The van der Waals surface area contributed by atoms with E-state index in [0.717, 1.165) is 16.3 Å². The summed E-state index contributed by atoms with van der Waals surface area (Å²) in [6, 6.07) is 5.07. The first-order valence-corrected chi connectivity index (χ1v) is 8.82. The quantitative estimate of drug-likeness (QED) is 0.744. The normalized spacial score (nSPS) is 12.6. The lowest BCUT2D eigenvalue weighted by Gasteiger charge is -2.10. The number of sulfonamides is 1. The fraction of sp³-hybridized carbons (Fsp3) is 0.286. The Kier molecular flexibility index (Phi) is 4.19. The number of rotatable bonds is 5. The van der Waals surface area contributed by atoms with Crippen molar-refractivity contribution in [2.75, 3.05) is 10.5 Å². The molecule has 2 heterocycles. The van der Waals surface area contributed by atoms with Crippen molar-refractivity contribution in [3.05, 3.63) is 42.4 Å². The molecule has 0 aliphatic rings. The van der Waals surface area contributed by atoms with Gasteiger partial charge in [-0.25, -0.2) is 8.42 Å². The number of halogens is 3. The van der Waals surface area contributed by atoms with Gasteiger partial charge in [0.15, 0.2) is 0 Å². The maximum atomic E-state index is 12.5. The Morgan fingerprint density at radius 1 is 1.20 bits per heavy atom. The zero-order valence-corrected chi connectivity index (χ0v) is 13.8. The number of aromatic nitrogens is 4. The molecule has 0 atom stereocenters. The van der Waals surface area contributed by atoms with E-state index >= 15 is 0 Å². The average molecular weight is 373 g/mol. The van der Waals surface area contributed by atoms with Gasteiger partial charge >= 0.3 is 6.18 Å². The SMILES string of the molecule is Cn1ncc2cccc(NS(=O)(=O)CCn3cc(C(F)(F)F)cn3)c21. The van der Waals surface area contributed by atoms with E-state index in [1.807, 2.05) is 0 Å². The van der Waals surface area contributed by atoms with Crippen molar-refractivity contribution < 1.29 is 21.6 Å². The van der Waals surface area contributed by atoms with Gasteiger partial charge in [-0.1, -0.05) is 12.1 Å². The fourth-order valence-corrected chi connectivity index (χ4v) is 3.41. The summed E-state index contributed by atoms with van der Waals surface area (Å²) in [5.74, 6) is -0.416. The lowest BCUT2D eigenvalue weighted by atomic mass is 10.2. The molecule has 0 saturated carbocycles. The number of fused-ring (bicyclic) bond motifs is 1. The number of nitrogens with one attached hydrogen (secondary N) is 1. The number of nitrogens with zero attached hydrogens (tertiary/aromatic N) is 4. The third kappa shape index (κ3) is 3.76. The van der Waals surface area contributed by atoms with Gasteiger partial charge in [0.2, 0.25) is 10.0 Å². The monoisotopic (exact) mass is 373 g/mol. The molecular formula is C14H14F3N5O2S. The van der Waals surface area contributed by atoms with Crippen LogP contribution in [0.1, 0.15) is 5.56 Å². The van der Waals surface area contributed by atoms with Gasteiger partial charge in [-0.15, -0.1) is 0 Å². The topological polar surface area (TPSA) is 81.8 Å². The molecule has 3 aromatic rings. The molecule has 0 radical (unpaired) electrons. The number of alkyl halides is 3. The molecule has 7 nitrogen and oxygen atoms in total. The second kappa shape index (κ2) is 6.06. The Morgan fingerprint density at radius 2 is 1.96 bits per heavy atom. The average Bonchev–Trinajstić information content (AvgIpc) is 3.13. The van der Waals surface area contributed by atoms with E-state index < -0.39 is 27.5 Å². The molecule has 11 heteroatoms. The third-order valence-corrected chi connectivity index (χ3v) is 4.83. The molecule has 0 bridgehead atoms. The van der Waals surface area contributed by atoms with Crippen molar-refractivity contribution >= 4 is 26.6 Å². The molecule has 0 amide bonds. The molecule has 25 heavy (non-hydrogen) atoms. The predicted octanol–water partition coefficient (Wildman–Crippen LogP) is 2.23. The fourth-order valence-electron chi connectivity index (χ4n) is 2.38. The summed E-state index contributed by atoms with van der Waals surface area (Å²) in [5, 5.41) is 8.37. The van der Waals surface area contributed by atoms with Crippen LogP contribution in [0, 0.1) is 0 Å². The number of hydrogen-bond donors (Lipinski definition) is 1. The molecule has 1 N–H and O–H groups in total. The highest BCUT2D eigenvalue weighted by Gasteiger charge is 2.32. The minimum absolute atomic E-state index is 0.202. The van der Waals surface area contributed by atoms with Crippen LogP contribution in [0.15, 0.2) is 36.8 Å². The smallest absolute Gasteiger partial charge is 0.281 e. The van der Waals surface area contributed by atoms with Crippen molar-refractivity contribution in [1.29, 1.82) is 0 Å². The molecule has 2 aromatic heterocycles. The van der Waals surface area contributed by atoms with E-state index in [2.05, 4.69) is 14.9 Å². The molecule has 3 rings (SSSR count). The van der Waals surface area contributed by atoms with Gasteiger partial charge in [0.1, 0.15) is 0 Å². The van der Waals surface area contributed by atoms with Gasteiger partial charge in [-0.2, -0.15) is 23.4 Å². The molecule has 0 fully saturated rings. The van der Waals surface area contributed by atoms with Gasteiger partial charge in [0, 0.05) is 18.6 Å². The molecular weight excluding hydrogens is 359 g/mol. The first-order valence-electron chi connectivity index (χ1n) is 7.16. The van der Waals surface area contributed by atoms with Crippen molar-refractivity contribution in [2.45, 2.75) is 12.7 Å². The van der Waals surface area contributed by atoms with Crippen LogP contribution in [-0.2, 0) is 29.8 Å². The summed E-state index contributed by atoms with van der Waals surface area (Å²) in [6.07, 6.45) is -1.46. The Bertz CT molecular complexity index is 1010. The number of benzene rings is 1. The lowest BCUT2D eigenvalue weighted by molar-refractivity contribution is -0.137. The van der Waals surface area contributed by atoms with Crippen molar-refractivity contribution in [1.82, 2.24) is 19.6 Å². The van der Waals surface area contributed by atoms with E-state index in [0.29, 0.717) is 17.4 Å². The number of aryl methyl sites for hydroxylation is 2. The van der Waals surface area contributed by atoms with E-state index in [1.54, 1.807) is 31.4 Å². The molecule has 0 unspecified atom stereocenters. The first kappa shape index (κ1) is 17.3. The van der Waals surface area contributed by atoms with Crippen molar-refractivity contribution in [3.63, 3.8) is 0 Å². The molecule has 0 spiro atoms. The Balaban J connectivity index is 1.74. The van der Waals surface area contributed by atoms with Crippen LogP contribution in [0.2, 0.25) is 0 Å². The van der Waals surface area contributed by atoms with Gasteiger partial charge in [0.05, 0.1) is 41.5 Å². The van der Waals surface area contributed by atoms with Crippen LogP contribution >= 0.6 is 0 Å². The zero-order valence-electron chi connectivity index (χ0n) is 13.0. The third-order valence-electron chi connectivity index (χ3n) is 3.58. The summed E-state index contributed by atoms with van der Waals surface area (Å²) in [6.45, 7) is -0.202. The van der Waals surface area contributed by atoms with Gasteiger partial charge in [-0.05, 0) is 6.07 Å². The van der Waals surface area contributed by atoms with Gasteiger partial charge in [-0.3, -0.25) is 14.1 Å². The summed E-state index contributed by atoms with van der Waals surface area (Å²) in [4.78, 5) is 0. The van der Waals surface area contributed by atoms with E-state index in [4.69, 9.17) is 0 Å². The molecule has 0 aliphatic carbocycles. The number of hydrogen-bond acceptors (Lipinski definition) is 4. The first-order chi connectivity index (χ1) is 11.7. The van der Waals surface area contributed by atoms with Gasteiger partial charge in [0.25, 0.3) is 0 Å². The molecule has 134 valence electrons. The maximum absolute atomic E-state index is 12.5. The van der Waals surface area contributed by atoms with Crippen LogP contribution in [0.25, 0.3) is 10.9 Å². The summed E-state index contributed by atoms with van der Waals surface area (Å²) >= 11 is 0. The Labute approximate surface area is 141 Å². The minimum atomic E-state index is -4.51. The maximum Gasteiger partial charge on any atom is 0.419 e. The van der Waals surface area contributed by atoms with E-state index in [9.17, 15) is 21.6 Å². The van der Waals surface area contributed by atoms with Crippen LogP contribution in [0.5, 0.6) is 0 Å². The zero-order chi connectivity index (χ0) is 18.2. The lowest BCUT2D eigenvalue weighted by Crippen LogP contribution is -2.21. The predicted molar refractivity (Wildman–Crippen MR) is 85.4 cm³/mol. The van der Waals surface area contributed by atoms with E-state index in [-0.39, 0.29) is 6.54 Å². The summed E-state index contributed by atoms with van der Waals surface area (Å²) in [7, 11) is -2.10. The van der Waals surface area contributed by atoms with Crippen LogP contribution < -0.4 is 4.72 Å². The second-order valence-corrected chi connectivity index (χ2v) is 7.26. The summed E-state index contributed by atoms with van der Waals surface area (Å²) < 4.78 is 67.0. The summed E-state index contributed by atoms with van der Waals surface area (Å²) in [5.41, 5.74) is 0.0518. The highest BCUT2D eigenvalue weighted by molar-refractivity contribution is 7.92. The highest BCUT2D eigenvalue weighted by atomic mass is 32.2. The Hall–Kier alpha value is -2.56. The molecule has 1 aromatic carbocycles. The van der Waals surface area contributed by atoms with Crippen molar-refractivity contribution in [2.24, 2.45) is 7.05 Å². The molecule has 0 saturated heterocycles. The largest absolute Gasteiger partial charge is 0.419 e. The Morgan fingerprint density at radius 3 is 2.64 bits per heavy atom. The van der Waals surface area contributed by atoms with Gasteiger partial charge < -0.3 is 0 Å². The highest BCUT2D eigenvalue weighted by Crippen LogP contribution is 2.28. The number of para-hydroxylation sites is 1. The van der Waals surface area contributed by atoms with E-state index in [1.165, 1.54) is 4.68 Å². The second-order valence-electron chi connectivity index (χ2n) is 5.42. The number of anilines is 1. The van der Waals surface area contributed by atoms with Crippen molar-refractivity contribution in [3.8, 4) is 0 Å². The van der Waals surface area contributed by atoms with Crippen LogP contribution in [0.4, 0.5) is 18.9 Å².